The number of hydrogen-bond acceptors (Lipinski definition) is 23. The third-order valence-electron chi connectivity index (χ3n) is 17.2. The Hall–Kier alpha value is -12.9. The Kier molecular flexibility index (Phi) is 19.9. The molecule has 2 fully saturated rings. The Morgan fingerprint density at radius 2 is 0.914 bits per heavy atom. The van der Waals surface area contributed by atoms with Gasteiger partial charge in [0.05, 0.1) is 84.1 Å². The quantitative estimate of drug-likeness (QED) is 0.0438. The zero-order valence-electron chi connectivity index (χ0n) is 58.8. The van der Waals surface area contributed by atoms with Crippen molar-refractivity contribution in [3.8, 4) is 62.3 Å². The molecule has 31 heteroatoms. The SMILES string of the molecule is CC(C)Oc1cccc(Nc2nccn3c(-c4cnn(C)c4)cnc23)c1.Cc1csc(Nc2nccn3c(-c4cnn(C)c4)cnc23)n1.Cn1cc(-c2cnc3c(Nc4cccc(OC5CCNC5)c4)nccn23)cn1.Cn1cc(-c2cnc3c(Nc4cccc(OCC5CCCN5)c4)nccn23)cn1. The van der Waals surface area contributed by atoms with Gasteiger partial charge in [-0.05, 0) is 89.5 Å². The van der Waals surface area contributed by atoms with Crippen molar-refractivity contribution in [1.82, 2.24) is 112 Å². The van der Waals surface area contributed by atoms with Gasteiger partial charge >= 0.3 is 0 Å². The lowest BCUT2D eigenvalue weighted by Gasteiger charge is -2.14. The zero-order valence-corrected chi connectivity index (χ0v) is 59.6. The van der Waals surface area contributed by atoms with Crippen LogP contribution in [0.3, 0.4) is 0 Å². The van der Waals surface area contributed by atoms with Crippen LogP contribution in [0, 0.1) is 6.92 Å². The predicted molar refractivity (Wildman–Crippen MR) is 404 cm³/mol. The maximum Gasteiger partial charge on any atom is 0.188 e. The maximum atomic E-state index is 6.05. The van der Waals surface area contributed by atoms with Crippen LogP contribution in [0.2, 0.25) is 0 Å². The number of nitrogens with one attached hydrogen (secondary N) is 6. The molecule has 105 heavy (non-hydrogen) atoms. The lowest BCUT2D eigenvalue weighted by Crippen LogP contribution is -2.28. The fourth-order valence-corrected chi connectivity index (χ4v) is 13.0. The molecule has 3 aromatic carbocycles. The smallest absolute Gasteiger partial charge is 0.188 e. The van der Waals surface area contributed by atoms with E-state index in [-0.39, 0.29) is 12.2 Å². The number of hydrogen-bond donors (Lipinski definition) is 6. The van der Waals surface area contributed by atoms with E-state index >= 15 is 0 Å². The molecule has 13 aromatic heterocycles. The van der Waals surface area contributed by atoms with Crippen LogP contribution in [0.15, 0.2) is 202 Å². The number of nitrogens with zero attached hydrogens (tertiary/aromatic N) is 21. The number of imidazole rings is 4. The third kappa shape index (κ3) is 15.9. The minimum Gasteiger partial charge on any atom is -0.492 e. The number of aryl methyl sites for hydroxylation is 5. The number of benzene rings is 3. The third-order valence-corrected chi connectivity index (χ3v) is 18.0. The van der Waals surface area contributed by atoms with E-state index in [4.69, 9.17) is 14.2 Å². The van der Waals surface area contributed by atoms with Gasteiger partial charge in [-0.15, -0.1) is 11.3 Å². The molecule has 18 rings (SSSR count). The van der Waals surface area contributed by atoms with Gasteiger partial charge in [0.2, 0.25) is 0 Å². The van der Waals surface area contributed by atoms with E-state index in [2.05, 4.69) is 97.2 Å². The van der Waals surface area contributed by atoms with E-state index in [0.717, 1.165) is 139 Å². The molecule has 0 aliphatic carbocycles. The van der Waals surface area contributed by atoms with Gasteiger partial charge in [-0.3, -0.25) is 36.3 Å². The van der Waals surface area contributed by atoms with Gasteiger partial charge in [-0.1, -0.05) is 18.2 Å². The molecule has 2 saturated heterocycles. The molecule has 6 N–H and O–H groups in total. The van der Waals surface area contributed by atoms with Gasteiger partial charge in [-0.2, -0.15) is 20.4 Å². The molecule has 532 valence electrons. The van der Waals surface area contributed by atoms with Crippen molar-refractivity contribution in [1.29, 1.82) is 0 Å². The summed E-state index contributed by atoms with van der Waals surface area (Å²) in [5.74, 6) is 5.27. The van der Waals surface area contributed by atoms with Crippen LogP contribution >= 0.6 is 11.3 Å². The van der Waals surface area contributed by atoms with Crippen LogP contribution in [0.4, 0.5) is 45.5 Å². The molecule has 30 nitrogen and oxygen atoms in total. The van der Waals surface area contributed by atoms with Gasteiger partial charge in [0.15, 0.2) is 51.0 Å². The Balaban J connectivity index is 0.000000113. The fraction of sp³-hybridized carbons (Fsp3) is 0.230. The average Bonchev–Trinajstić information content (AvgIpc) is 1.65. The topological polar surface area (TPSA) is 305 Å². The molecule has 0 amide bonds. The largest absolute Gasteiger partial charge is 0.492 e. The van der Waals surface area contributed by atoms with Crippen molar-refractivity contribution in [3.63, 3.8) is 0 Å². The van der Waals surface area contributed by atoms with Crippen LogP contribution in [-0.4, -0.2) is 146 Å². The summed E-state index contributed by atoms with van der Waals surface area (Å²) in [5, 5.41) is 39.8. The number of thiazole rings is 1. The molecule has 2 atom stereocenters. The molecule has 0 saturated carbocycles. The highest BCUT2D eigenvalue weighted by molar-refractivity contribution is 7.13. The molecule has 2 aliphatic rings. The van der Waals surface area contributed by atoms with Crippen molar-refractivity contribution >= 4 is 79.4 Å². The Labute approximate surface area is 606 Å². The van der Waals surface area contributed by atoms with Crippen molar-refractivity contribution in [2.24, 2.45) is 28.2 Å². The van der Waals surface area contributed by atoms with Gasteiger partial charge in [0.25, 0.3) is 0 Å². The molecule has 0 spiro atoms. The van der Waals surface area contributed by atoms with Crippen molar-refractivity contribution in [2.75, 3.05) is 47.5 Å². The van der Waals surface area contributed by atoms with Gasteiger partial charge < -0.3 is 46.1 Å². The minimum atomic E-state index is 0.126. The van der Waals surface area contributed by atoms with Gasteiger partial charge in [0, 0.05) is 178 Å². The molecular formula is C74H77N27O3S. The minimum absolute atomic E-state index is 0.126. The van der Waals surface area contributed by atoms with Gasteiger partial charge in [0.1, 0.15) is 30.0 Å². The standard InChI is InChI=1S/C21H23N7O.C20H21N7O.C19H20N6O.C14H13N7S/c1-27-13-15(11-25-27)19-12-24-21-20(23-8-9-28(19)21)26-16-4-2-6-18(10-16)29-14-17-5-3-7-22-17;1-26-13-14(10-24-26)18-12-23-20-19(22-7-8-27(18)20)25-15-3-2-4-16(9-15)28-17-5-6-21-11-17;1-13(2)26-16-6-4-5-15(9-16)23-18-19-21-11-17(25(19)8-7-20-18)14-10-22-24(3)12-14;1-9-8-22-14(18-9)19-12-13-16-6-11(21(13)4-3-15-12)10-5-17-20(2)7-10/h2,4,6,8-13,17,22H,3,5,7,14H2,1H3,(H,23,26);2-4,7-10,12-13,17,21H,5-6,11H2,1H3,(H,22,25);4-13H,1-3H3,(H,20,23);3-8H,1-2H3,(H,15,18,19). The van der Waals surface area contributed by atoms with E-state index in [9.17, 15) is 0 Å². The van der Waals surface area contributed by atoms with E-state index in [1.807, 2.05) is 244 Å². The average molecular weight is 1420 g/mol. The second kappa shape index (κ2) is 30.8. The van der Waals surface area contributed by atoms with Crippen LogP contribution in [0.5, 0.6) is 17.2 Å². The molecular weight excluding hydrogens is 1350 g/mol. The monoisotopic (exact) mass is 1420 g/mol. The second-order valence-electron chi connectivity index (χ2n) is 25.4. The summed E-state index contributed by atoms with van der Waals surface area (Å²) >= 11 is 1.55. The first-order valence-electron chi connectivity index (χ1n) is 34.3. The second-order valence-corrected chi connectivity index (χ2v) is 26.3. The van der Waals surface area contributed by atoms with E-state index in [1.165, 1.54) is 12.8 Å². The highest BCUT2D eigenvalue weighted by Gasteiger charge is 2.20. The number of ether oxygens (including phenoxy) is 3. The normalized spacial score (nSPS) is 14.1. The number of anilines is 8. The van der Waals surface area contributed by atoms with E-state index in [0.29, 0.717) is 35.9 Å². The maximum absolute atomic E-state index is 6.05. The van der Waals surface area contributed by atoms with Gasteiger partial charge in [-0.25, -0.2) is 44.9 Å². The number of fused-ring (bicyclic) bond motifs is 4. The predicted octanol–water partition coefficient (Wildman–Crippen LogP) is 11.9. The van der Waals surface area contributed by atoms with Crippen molar-refractivity contribution < 1.29 is 14.2 Å². The highest BCUT2D eigenvalue weighted by Crippen LogP contribution is 2.32. The summed E-state index contributed by atoms with van der Waals surface area (Å²) in [7, 11) is 7.59. The Morgan fingerprint density at radius 3 is 1.30 bits per heavy atom. The summed E-state index contributed by atoms with van der Waals surface area (Å²) in [4.78, 5) is 40.4. The molecule has 15 heterocycles. The van der Waals surface area contributed by atoms with Crippen molar-refractivity contribution in [3.05, 3.63) is 208 Å². The summed E-state index contributed by atoms with van der Waals surface area (Å²) in [6.07, 6.45) is 40.9. The molecule has 16 aromatic rings. The van der Waals surface area contributed by atoms with Crippen molar-refractivity contribution in [2.45, 2.75) is 58.3 Å². The first kappa shape index (κ1) is 67.9. The summed E-state index contributed by atoms with van der Waals surface area (Å²) in [6, 6.07) is 24.2. The first-order chi connectivity index (χ1) is 51.3. The summed E-state index contributed by atoms with van der Waals surface area (Å²) < 4.78 is 32.9. The van der Waals surface area contributed by atoms with E-state index in [1.54, 1.807) is 54.9 Å². The molecule has 0 bridgehead atoms. The van der Waals surface area contributed by atoms with Crippen LogP contribution in [0.1, 0.15) is 38.8 Å². The fourth-order valence-electron chi connectivity index (χ4n) is 12.3. The summed E-state index contributed by atoms with van der Waals surface area (Å²) in [5.41, 5.74) is 14.6. The number of aromatic nitrogens is 21. The van der Waals surface area contributed by atoms with Crippen LogP contribution < -0.4 is 46.1 Å². The first-order valence-corrected chi connectivity index (χ1v) is 35.2. The lowest BCUT2D eigenvalue weighted by molar-refractivity contribution is 0.223. The Morgan fingerprint density at radius 1 is 0.495 bits per heavy atom. The highest BCUT2D eigenvalue weighted by atomic mass is 32.1. The molecule has 2 aliphatic heterocycles. The summed E-state index contributed by atoms with van der Waals surface area (Å²) in [6.45, 7) is 9.64. The number of rotatable bonds is 19. The lowest BCUT2D eigenvalue weighted by atomic mass is 10.2. The van der Waals surface area contributed by atoms with Crippen LogP contribution in [0.25, 0.3) is 67.6 Å². The molecule has 2 unspecified atom stereocenters. The van der Waals surface area contributed by atoms with E-state index < -0.39 is 0 Å². The molecule has 0 radical (unpaired) electrons. The zero-order chi connectivity index (χ0) is 71.8. The van der Waals surface area contributed by atoms with Crippen LogP contribution in [-0.2, 0) is 28.2 Å². The Bertz CT molecular complexity index is 5610.